The van der Waals surface area contributed by atoms with Crippen LogP contribution >= 0.6 is 11.8 Å². The lowest BCUT2D eigenvalue weighted by Crippen LogP contribution is -2.54. The van der Waals surface area contributed by atoms with E-state index in [-0.39, 0.29) is 6.04 Å². The Labute approximate surface area is 100 Å². The topological polar surface area (TPSA) is 78.4 Å². The molecule has 0 radical (unpaired) electrons. The maximum absolute atomic E-state index is 11.4. The van der Waals surface area contributed by atoms with Crippen molar-refractivity contribution in [3.63, 3.8) is 0 Å². The summed E-state index contributed by atoms with van der Waals surface area (Å²) < 4.78 is 0. The van der Waals surface area contributed by atoms with E-state index >= 15 is 0 Å². The summed E-state index contributed by atoms with van der Waals surface area (Å²) >= 11 is 1.71. The monoisotopic (exact) mass is 248 g/mol. The lowest BCUT2D eigenvalue weighted by molar-refractivity contribution is -0.142. The second kappa shape index (κ2) is 6.62. The van der Waals surface area contributed by atoms with Crippen molar-refractivity contribution in [1.82, 2.24) is 10.6 Å². The highest BCUT2D eigenvalue weighted by molar-refractivity contribution is 7.98. The average molecular weight is 248 g/mol. The van der Waals surface area contributed by atoms with Crippen molar-refractivity contribution in [3.05, 3.63) is 0 Å². The molecule has 1 unspecified atom stereocenters. The summed E-state index contributed by atoms with van der Waals surface area (Å²) in [5.74, 6) is -0.0940. The van der Waals surface area contributed by atoms with E-state index in [0.717, 1.165) is 12.2 Å². The molecule has 0 fully saturated rings. The highest BCUT2D eigenvalue weighted by Gasteiger charge is 2.29. The van der Waals surface area contributed by atoms with E-state index < -0.39 is 17.5 Å². The standard InChI is InChI=1S/C10H20N2O3S/c1-7(5-6-16-4)11-9(15)12-10(2,3)8(13)14/h7H,5-6H2,1-4H3,(H,13,14)(H2,11,12,15). The van der Waals surface area contributed by atoms with Gasteiger partial charge in [0.2, 0.25) is 0 Å². The minimum atomic E-state index is -1.25. The van der Waals surface area contributed by atoms with E-state index in [1.165, 1.54) is 13.8 Å². The number of amides is 2. The summed E-state index contributed by atoms with van der Waals surface area (Å²) in [5, 5.41) is 13.9. The Morgan fingerprint density at radius 2 is 2.00 bits per heavy atom. The molecule has 0 aromatic carbocycles. The van der Waals surface area contributed by atoms with Gasteiger partial charge in [-0.2, -0.15) is 11.8 Å². The first-order valence-electron chi connectivity index (χ1n) is 5.10. The van der Waals surface area contributed by atoms with Crippen LogP contribution in [-0.4, -0.2) is 40.7 Å². The predicted molar refractivity (Wildman–Crippen MR) is 65.8 cm³/mol. The number of urea groups is 1. The normalized spacial score (nSPS) is 13.0. The van der Waals surface area contributed by atoms with Crippen LogP contribution < -0.4 is 10.6 Å². The summed E-state index contributed by atoms with van der Waals surface area (Å²) in [6, 6.07) is -0.405. The van der Waals surface area contributed by atoms with E-state index in [2.05, 4.69) is 10.6 Å². The quantitative estimate of drug-likeness (QED) is 0.662. The number of carboxylic acid groups (broad SMARTS) is 1. The van der Waals surface area contributed by atoms with Crippen LogP contribution in [-0.2, 0) is 4.79 Å². The molecule has 2 amide bonds. The number of nitrogens with one attached hydrogen (secondary N) is 2. The summed E-state index contributed by atoms with van der Waals surface area (Å²) in [6.07, 6.45) is 2.86. The highest BCUT2D eigenvalue weighted by Crippen LogP contribution is 2.03. The van der Waals surface area contributed by atoms with Crippen LogP contribution in [0.25, 0.3) is 0 Å². The number of carboxylic acids is 1. The molecular formula is C10H20N2O3S. The van der Waals surface area contributed by atoms with E-state index in [1.807, 2.05) is 13.2 Å². The van der Waals surface area contributed by atoms with Crippen LogP contribution in [0, 0.1) is 0 Å². The zero-order valence-electron chi connectivity index (χ0n) is 10.2. The number of aliphatic carboxylic acids is 1. The molecule has 16 heavy (non-hydrogen) atoms. The van der Waals surface area contributed by atoms with Crippen LogP contribution in [0.3, 0.4) is 0 Å². The molecule has 0 aliphatic carbocycles. The maximum Gasteiger partial charge on any atom is 0.328 e. The summed E-state index contributed by atoms with van der Waals surface area (Å²) in [7, 11) is 0. The number of thioether (sulfide) groups is 1. The van der Waals surface area contributed by atoms with Crippen molar-refractivity contribution in [3.8, 4) is 0 Å². The van der Waals surface area contributed by atoms with Gasteiger partial charge in [0.25, 0.3) is 0 Å². The molecule has 0 aromatic rings. The summed E-state index contributed by atoms with van der Waals surface area (Å²) in [5.41, 5.74) is -1.25. The largest absolute Gasteiger partial charge is 0.480 e. The summed E-state index contributed by atoms with van der Waals surface area (Å²) in [6.45, 7) is 4.78. The van der Waals surface area contributed by atoms with Gasteiger partial charge in [0.15, 0.2) is 0 Å². The fourth-order valence-electron chi connectivity index (χ4n) is 0.964. The zero-order chi connectivity index (χ0) is 12.8. The maximum atomic E-state index is 11.4. The lowest BCUT2D eigenvalue weighted by Gasteiger charge is -2.23. The van der Waals surface area contributed by atoms with E-state index in [1.54, 1.807) is 11.8 Å². The third kappa shape index (κ3) is 5.85. The zero-order valence-corrected chi connectivity index (χ0v) is 11.0. The van der Waals surface area contributed by atoms with Crippen molar-refractivity contribution in [1.29, 1.82) is 0 Å². The minimum absolute atomic E-state index is 0.0389. The van der Waals surface area contributed by atoms with Crippen molar-refractivity contribution < 1.29 is 14.7 Å². The molecule has 0 bridgehead atoms. The van der Waals surface area contributed by atoms with Gasteiger partial charge < -0.3 is 15.7 Å². The first-order valence-corrected chi connectivity index (χ1v) is 6.50. The van der Waals surface area contributed by atoms with Gasteiger partial charge in [-0.05, 0) is 39.2 Å². The van der Waals surface area contributed by atoms with Crippen LogP contribution in [0.5, 0.6) is 0 Å². The smallest absolute Gasteiger partial charge is 0.328 e. The molecule has 1 atom stereocenters. The Morgan fingerprint density at radius 1 is 1.44 bits per heavy atom. The SMILES string of the molecule is CSCCC(C)NC(=O)NC(C)(C)C(=O)O. The number of hydrogen-bond acceptors (Lipinski definition) is 3. The van der Waals surface area contributed by atoms with E-state index in [0.29, 0.717) is 0 Å². The predicted octanol–water partition coefficient (Wildman–Crippen LogP) is 1.29. The van der Waals surface area contributed by atoms with Gasteiger partial charge in [-0.3, -0.25) is 0 Å². The minimum Gasteiger partial charge on any atom is -0.480 e. The molecule has 0 heterocycles. The second-order valence-electron chi connectivity index (χ2n) is 4.21. The molecule has 0 aromatic heterocycles. The van der Waals surface area contributed by atoms with Crippen molar-refractivity contribution in [2.75, 3.05) is 12.0 Å². The Hall–Kier alpha value is -0.910. The van der Waals surface area contributed by atoms with Crippen molar-refractivity contribution in [2.45, 2.75) is 38.8 Å². The highest BCUT2D eigenvalue weighted by atomic mass is 32.2. The molecule has 3 N–H and O–H groups in total. The van der Waals surface area contributed by atoms with Crippen LogP contribution in [0.1, 0.15) is 27.2 Å². The third-order valence-corrected chi connectivity index (χ3v) is 2.74. The fraction of sp³-hybridized carbons (Fsp3) is 0.800. The molecule has 0 saturated carbocycles. The van der Waals surface area contributed by atoms with Gasteiger partial charge in [-0.1, -0.05) is 0 Å². The van der Waals surface area contributed by atoms with Gasteiger partial charge in [0, 0.05) is 6.04 Å². The molecule has 5 nitrogen and oxygen atoms in total. The lowest BCUT2D eigenvalue weighted by atomic mass is 10.1. The molecule has 94 valence electrons. The van der Waals surface area contributed by atoms with Gasteiger partial charge in [0.05, 0.1) is 0 Å². The number of carbonyl (C=O) groups is 2. The number of carbonyl (C=O) groups excluding carboxylic acids is 1. The molecule has 0 spiro atoms. The van der Waals surface area contributed by atoms with E-state index in [9.17, 15) is 9.59 Å². The molecule has 0 rings (SSSR count). The number of hydrogen-bond donors (Lipinski definition) is 3. The second-order valence-corrected chi connectivity index (χ2v) is 5.20. The van der Waals surface area contributed by atoms with Gasteiger partial charge in [0.1, 0.15) is 5.54 Å². The third-order valence-electron chi connectivity index (χ3n) is 2.09. The van der Waals surface area contributed by atoms with Crippen LogP contribution in [0.2, 0.25) is 0 Å². The first kappa shape index (κ1) is 15.1. The van der Waals surface area contributed by atoms with E-state index in [4.69, 9.17) is 5.11 Å². The van der Waals surface area contributed by atoms with Gasteiger partial charge in [-0.25, -0.2) is 9.59 Å². The Kier molecular flexibility index (Phi) is 6.25. The Morgan fingerprint density at radius 3 is 2.44 bits per heavy atom. The fourth-order valence-corrected chi connectivity index (χ4v) is 1.55. The van der Waals surface area contributed by atoms with Gasteiger partial charge in [-0.15, -0.1) is 0 Å². The first-order chi connectivity index (χ1) is 7.29. The Bertz CT molecular complexity index is 256. The van der Waals surface area contributed by atoms with Crippen LogP contribution in [0.4, 0.5) is 4.79 Å². The van der Waals surface area contributed by atoms with Gasteiger partial charge >= 0.3 is 12.0 Å². The average Bonchev–Trinajstić information content (AvgIpc) is 2.13. The molecule has 0 saturated heterocycles. The molecule has 0 aliphatic rings. The summed E-state index contributed by atoms with van der Waals surface area (Å²) in [4.78, 5) is 22.2. The molecular weight excluding hydrogens is 228 g/mol. The van der Waals surface area contributed by atoms with Crippen molar-refractivity contribution in [2.24, 2.45) is 0 Å². The van der Waals surface area contributed by atoms with Crippen LogP contribution in [0.15, 0.2) is 0 Å². The van der Waals surface area contributed by atoms with Crippen molar-refractivity contribution >= 4 is 23.8 Å². The molecule has 0 aliphatic heterocycles. The molecule has 6 heteroatoms. The number of rotatable bonds is 6. The Balaban J connectivity index is 4.03.